The second-order valence-electron chi connectivity index (χ2n) is 4.23. The smallest absolute Gasteiger partial charge is 0.251 e. The van der Waals surface area contributed by atoms with Crippen molar-refractivity contribution in [1.82, 2.24) is 5.32 Å². The number of aryl methyl sites for hydroxylation is 2. The lowest BCUT2D eigenvalue weighted by Gasteiger charge is -2.13. The monoisotopic (exact) mass is 239 g/mol. The van der Waals surface area contributed by atoms with E-state index in [1.165, 1.54) is 0 Å². The molecule has 1 aromatic carbocycles. The van der Waals surface area contributed by atoms with Crippen LogP contribution in [0.4, 0.5) is 0 Å². The SMILES string of the molecule is Cc1cc(C)cc(C(=O)NC(C)CCCl)c1. The molecule has 3 heteroatoms. The van der Waals surface area contributed by atoms with Crippen molar-refractivity contribution >= 4 is 17.5 Å². The van der Waals surface area contributed by atoms with Gasteiger partial charge < -0.3 is 5.32 Å². The topological polar surface area (TPSA) is 29.1 Å². The Morgan fingerprint density at radius 1 is 1.31 bits per heavy atom. The molecular weight excluding hydrogens is 222 g/mol. The van der Waals surface area contributed by atoms with Gasteiger partial charge in [-0.3, -0.25) is 4.79 Å². The van der Waals surface area contributed by atoms with Gasteiger partial charge in [-0.25, -0.2) is 0 Å². The number of carbonyl (C=O) groups excluding carboxylic acids is 1. The maximum absolute atomic E-state index is 11.9. The van der Waals surface area contributed by atoms with Gasteiger partial charge >= 0.3 is 0 Å². The first kappa shape index (κ1) is 13.0. The van der Waals surface area contributed by atoms with Gasteiger partial charge in [-0.05, 0) is 39.3 Å². The van der Waals surface area contributed by atoms with E-state index in [1.54, 1.807) is 0 Å². The predicted molar refractivity (Wildman–Crippen MR) is 68.2 cm³/mol. The molecule has 0 aromatic heterocycles. The molecule has 0 aliphatic carbocycles. The Bertz CT molecular complexity index is 356. The van der Waals surface area contributed by atoms with Gasteiger partial charge in [0, 0.05) is 17.5 Å². The van der Waals surface area contributed by atoms with Crippen LogP contribution in [0.2, 0.25) is 0 Å². The van der Waals surface area contributed by atoms with Crippen molar-refractivity contribution in [2.75, 3.05) is 5.88 Å². The van der Waals surface area contributed by atoms with Crippen molar-refractivity contribution in [3.8, 4) is 0 Å². The highest BCUT2D eigenvalue weighted by Gasteiger charge is 2.09. The fourth-order valence-corrected chi connectivity index (χ4v) is 1.98. The van der Waals surface area contributed by atoms with Crippen LogP contribution in [0.3, 0.4) is 0 Å². The summed E-state index contributed by atoms with van der Waals surface area (Å²) in [4.78, 5) is 11.9. The molecule has 0 fully saturated rings. The molecular formula is C13H18ClNO. The lowest BCUT2D eigenvalue weighted by Crippen LogP contribution is -2.32. The van der Waals surface area contributed by atoms with Crippen LogP contribution < -0.4 is 5.32 Å². The molecule has 1 amide bonds. The van der Waals surface area contributed by atoms with Crippen molar-refractivity contribution in [3.05, 3.63) is 34.9 Å². The van der Waals surface area contributed by atoms with Crippen LogP contribution in [0, 0.1) is 13.8 Å². The minimum atomic E-state index is -0.0237. The van der Waals surface area contributed by atoms with Crippen molar-refractivity contribution in [2.24, 2.45) is 0 Å². The van der Waals surface area contributed by atoms with Crippen molar-refractivity contribution in [1.29, 1.82) is 0 Å². The van der Waals surface area contributed by atoms with Crippen LogP contribution in [0.25, 0.3) is 0 Å². The molecule has 1 rings (SSSR count). The minimum Gasteiger partial charge on any atom is -0.350 e. The molecule has 88 valence electrons. The van der Waals surface area contributed by atoms with Gasteiger partial charge in [0.2, 0.25) is 0 Å². The number of alkyl halides is 1. The highest BCUT2D eigenvalue weighted by atomic mass is 35.5. The Labute approximate surface area is 102 Å². The largest absolute Gasteiger partial charge is 0.350 e. The van der Waals surface area contributed by atoms with E-state index in [4.69, 9.17) is 11.6 Å². The molecule has 2 nitrogen and oxygen atoms in total. The standard InChI is InChI=1S/C13H18ClNO/c1-9-6-10(2)8-12(7-9)13(16)15-11(3)4-5-14/h6-8,11H,4-5H2,1-3H3,(H,15,16). The fraction of sp³-hybridized carbons (Fsp3) is 0.462. The Hall–Kier alpha value is -1.02. The Balaban J connectivity index is 2.72. The third-order valence-corrected chi connectivity index (χ3v) is 2.62. The van der Waals surface area contributed by atoms with E-state index in [1.807, 2.05) is 32.9 Å². The van der Waals surface area contributed by atoms with Gasteiger partial charge in [-0.15, -0.1) is 11.6 Å². The van der Waals surface area contributed by atoms with Crippen molar-refractivity contribution in [3.63, 3.8) is 0 Å². The molecule has 0 spiro atoms. The maximum Gasteiger partial charge on any atom is 0.251 e. The number of hydrogen-bond acceptors (Lipinski definition) is 1. The maximum atomic E-state index is 11.9. The number of hydrogen-bond donors (Lipinski definition) is 1. The lowest BCUT2D eigenvalue weighted by molar-refractivity contribution is 0.0939. The first-order valence-electron chi connectivity index (χ1n) is 5.48. The first-order chi connectivity index (χ1) is 7.52. The number of nitrogens with one attached hydrogen (secondary N) is 1. The summed E-state index contributed by atoms with van der Waals surface area (Å²) in [6, 6.07) is 5.97. The normalized spacial score (nSPS) is 12.2. The highest BCUT2D eigenvalue weighted by Crippen LogP contribution is 2.09. The summed E-state index contributed by atoms with van der Waals surface area (Å²) >= 11 is 5.63. The van der Waals surface area contributed by atoms with Gasteiger partial charge in [0.25, 0.3) is 5.91 Å². The number of rotatable bonds is 4. The highest BCUT2D eigenvalue weighted by molar-refractivity contribution is 6.17. The molecule has 1 N–H and O–H groups in total. The summed E-state index contributed by atoms with van der Waals surface area (Å²) in [5, 5.41) is 2.93. The third kappa shape index (κ3) is 3.86. The molecule has 0 aliphatic heterocycles. The van der Waals surface area contributed by atoms with Gasteiger partial charge in [0.15, 0.2) is 0 Å². The molecule has 0 aliphatic rings. The zero-order valence-corrected chi connectivity index (χ0v) is 10.8. The second kappa shape index (κ2) is 5.90. The molecule has 0 bridgehead atoms. The molecule has 0 saturated carbocycles. The Morgan fingerprint density at radius 3 is 2.38 bits per heavy atom. The summed E-state index contributed by atoms with van der Waals surface area (Å²) in [7, 11) is 0. The number of halogens is 1. The van der Waals surface area contributed by atoms with Gasteiger partial charge in [-0.2, -0.15) is 0 Å². The quantitative estimate of drug-likeness (QED) is 0.804. The van der Waals surface area contributed by atoms with Crippen LogP contribution in [-0.4, -0.2) is 17.8 Å². The summed E-state index contributed by atoms with van der Waals surface area (Å²) in [5.74, 6) is 0.540. The zero-order valence-electron chi connectivity index (χ0n) is 10.0. The van der Waals surface area contributed by atoms with Gasteiger partial charge in [0.05, 0.1) is 0 Å². The van der Waals surface area contributed by atoms with E-state index >= 15 is 0 Å². The van der Waals surface area contributed by atoms with Crippen LogP contribution in [-0.2, 0) is 0 Å². The lowest BCUT2D eigenvalue weighted by atomic mass is 10.1. The number of carbonyl (C=O) groups is 1. The molecule has 0 radical (unpaired) electrons. The van der Waals surface area contributed by atoms with E-state index in [-0.39, 0.29) is 11.9 Å². The average Bonchev–Trinajstić information content (AvgIpc) is 2.16. The van der Waals surface area contributed by atoms with E-state index in [9.17, 15) is 4.79 Å². The number of amides is 1. The van der Waals surface area contributed by atoms with Gasteiger partial charge in [-0.1, -0.05) is 17.2 Å². The molecule has 1 unspecified atom stereocenters. The molecule has 16 heavy (non-hydrogen) atoms. The van der Waals surface area contributed by atoms with Crippen LogP contribution in [0.15, 0.2) is 18.2 Å². The van der Waals surface area contributed by atoms with Crippen LogP contribution in [0.1, 0.15) is 34.8 Å². The van der Waals surface area contributed by atoms with E-state index < -0.39 is 0 Å². The summed E-state index contributed by atoms with van der Waals surface area (Å²) in [6.45, 7) is 5.95. The summed E-state index contributed by atoms with van der Waals surface area (Å²) in [5.41, 5.74) is 2.93. The molecule has 1 atom stereocenters. The third-order valence-electron chi connectivity index (χ3n) is 2.40. The predicted octanol–water partition coefficient (Wildman–Crippen LogP) is 3.05. The van der Waals surface area contributed by atoms with Crippen molar-refractivity contribution < 1.29 is 4.79 Å². The van der Waals surface area contributed by atoms with Crippen molar-refractivity contribution in [2.45, 2.75) is 33.2 Å². The van der Waals surface area contributed by atoms with E-state index in [0.717, 1.165) is 23.1 Å². The number of benzene rings is 1. The second-order valence-corrected chi connectivity index (χ2v) is 4.61. The van der Waals surface area contributed by atoms with Crippen LogP contribution in [0.5, 0.6) is 0 Å². The molecule has 0 heterocycles. The Morgan fingerprint density at radius 2 is 1.88 bits per heavy atom. The summed E-state index contributed by atoms with van der Waals surface area (Å²) < 4.78 is 0. The van der Waals surface area contributed by atoms with E-state index in [0.29, 0.717) is 5.88 Å². The van der Waals surface area contributed by atoms with Crippen LogP contribution >= 0.6 is 11.6 Å². The fourth-order valence-electron chi connectivity index (χ4n) is 1.65. The zero-order chi connectivity index (χ0) is 12.1. The minimum absolute atomic E-state index is 0.0237. The van der Waals surface area contributed by atoms with E-state index in [2.05, 4.69) is 11.4 Å². The summed E-state index contributed by atoms with van der Waals surface area (Å²) in [6.07, 6.45) is 0.790. The molecule has 1 aromatic rings. The Kier molecular flexibility index (Phi) is 4.81. The average molecular weight is 240 g/mol. The molecule has 0 saturated heterocycles. The van der Waals surface area contributed by atoms with Gasteiger partial charge in [0.1, 0.15) is 0 Å². The first-order valence-corrected chi connectivity index (χ1v) is 6.01.